The summed E-state index contributed by atoms with van der Waals surface area (Å²) in [6.45, 7) is 3.90. The van der Waals surface area contributed by atoms with E-state index in [0.717, 1.165) is 30.4 Å². The molecule has 0 aromatic heterocycles. The zero-order valence-electron chi connectivity index (χ0n) is 11.6. The molecule has 0 aliphatic rings. The van der Waals surface area contributed by atoms with Crippen molar-refractivity contribution >= 4 is 11.6 Å². The summed E-state index contributed by atoms with van der Waals surface area (Å²) in [4.78, 5) is 11.8. The smallest absolute Gasteiger partial charge is 0.224 e. The van der Waals surface area contributed by atoms with Gasteiger partial charge in [-0.25, -0.2) is 0 Å². The Labute approximate surface area is 115 Å². The number of amides is 1. The molecule has 3 heteroatoms. The van der Waals surface area contributed by atoms with Gasteiger partial charge in [0.25, 0.3) is 0 Å². The van der Waals surface area contributed by atoms with Gasteiger partial charge in [0.15, 0.2) is 0 Å². The van der Waals surface area contributed by atoms with Gasteiger partial charge in [0.05, 0.1) is 5.69 Å². The number of carbonyl (C=O) groups excluding carboxylic acids is 1. The Morgan fingerprint density at radius 3 is 2.84 bits per heavy atom. The van der Waals surface area contributed by atoms with Gasteiger partial charge in [0.1, 0.15) is 6.61 Å². The normalized spacial score (nSPS) is 9.63. The van der Waals surface area contributed by atoms with Crippen LogP contribution < -0.4 is 5.32 Å². The van der Waals surface area contributed by atoms with Crippen molar-refractivity contribution in [3.63, 3.8) is 0 Å². The van der Waals surface area contributed by atoms with Crippen molar-refractivity contribution in [2.75, 3.05) is 11.9 Å². The van der Waals surface area contributed by atoms with E-state index >= 15 is 0 Å². The molecule has 2 N–H and O–H groups in total. The fraction of sp³-hybridized carbons (Fsp3) is 0.438. The molecule has 0 fully saturated rings. The van der Waals surface area contributed by atoms with E-state index in [2.05, 4.69) is 24.1 Å². The van der Waals surface area contributed by atoms with Crippen molar-refractivity contribution in [1.29, 1.82) is 0 Å². The SMILES string of the molecule is CCCCCC(=O)Nc1ccc(C)cc1C#CCO. The first-order valence-electron chi connectivity index (χ1n) is 6.67. The van der Waals surface area contributed by atoms with Gasteiger partial charge in [-0.1, -0.05) is 37.7 Å². The van der Waals surface area contributed by atoms with Crippen LogP contribution in [-0.2, 0) is 4.79 Å². The molecule has 0 aliphatic carbocycles. The molecule has 0 radical (unpaired) electrons. The Morgan fingerprint density at radius 2 is 2.16 bits per heavy atom. The molecule has 1 amide bonds. The Morgan fingerprint density at radius 1 is 1.37 bits per heavy atom. The summed E-state index contributed by atoms with van der Waals surface area (Å²) in [5.74, 6) is 5.49. The van der Waals surface area contributed by atoms with Gasteiger partial charge in [-0.15, -0.1) is 0 Å². The molecule has 19 heavy (non-hydrogen) atoms. The molecular weight excluding hydrogens is 238 g/mol. The third-order valence-electron chi connectivity index (χ3n) is 2.76. The molecule has 0 bridgehead atoms. The number of aliphatic hydroxyl groups is 1. The predicted octanol–water partition coefficient (Wildman–Crippen LogP) is 2.86. The molecular formula is C16H21NO2. The van der Waals surface area contributed by atoms with E-state index < -0.39 is 0 Å². The Balaban J connectivity index is 2.74. The minimum absolute atomic E-state index is 0.0179. The number of carbonyl (C=O) groups is 1. The summed E-state index contributed by atoms with van der Waals surface area (Å²) in [5.41, 5.74) is 2.54. The van der Waals surface area contributed by atoms with Crippen molar-refractivity contribution in [2.45, 2.75) is 39.5 Å². The number of anilines is 1. The Bertz CT molecular complexity index is 483. The quantitative estimate of drug-likeness (QED) is 0.631. The molecule has 1 rings (SSSR count). The summed E-state index contributed by atoms with van der Waals surface area (Å²) in [5, 5.41) is 11.6. The Hall–Kier alpha value is -1.79. The molecule has 0 unspecified atom stereocenters. The van der Waals surface area contributed by atoms with Crippen molar-refractivity contribution < 1.29 is 9.90 Å². The first kappa shape index (κ1) is 15.3. The van der Waals surface area contributed by atoms with E-state index in [9.17, 15) is 4.79 Å². The van der Waals surface area contributed by atoms with E-state index in [0.29, 0.717) is 12.1 Å². The van der Waals surface area contributed by atoms with Crippen LogP contribution in [0.3, 0.4) is 0 Å². The van der Waals surface area contributed by atoms with Crippen molar-refractivity contribution in [1.82, 2.24) is 0 Å². The number of hydrogen-bond donors (Lipinski definition) is 2. The van der Waals surface area contributed by atoms with E-state index in [1.165, 1.54) is 0 Å². The molecule has 1 aromatic rings. The van der Waals surface area contributed by atoms with Gasteiger partial charge in [0.2, 0.25) is 5.91 Å². The number of rotatable bonds is 5. The predicted molar refractivity (Wildman–Crippen MR) is 77.9 cm³/mol. The number of benzene rings is 1. The number of nitrogens with one attached hydrogen (secondary N) is 1. The number of unbranched alkanes of at least 4 members (excludes halogenated alkanes) is 2. The van der Waals surface area contributed by atoms with Gasteiger partial charge < -0.3 is 10.4 Å². The highest BCUT2D eigenvalue weighted by Gasteiger charge is 2.05. The van der Waals surface area contributed by atoms with Crippen molar-refractivity contribution in [3.05, 3.63) is 29.3 Å². The fourth-order valence-electron chi connectivity index (χ4n) is 1.75. The van der Waals surface area contributed by atoms with Crippen LogP contribution in [0.2, 0.25) is 0 Å². The molecule has 1 aromatic carbocycles. The highest BCUT2D eigenvalue weighted by molar-refractivity contribution is 5.92. The first-order valence-corrected chi connectivity index (χ1v) is 6.67. The molecule has 0 aliphatic heterocycles. The van der Waals surface area contributed by atoms with Gasteiger partial charge in [-0.2, -0.15) is 0 Å². The van der Waals surface area contributed by atoms with E-state index in [1.807, 2.05) is 25.1 Å². The van der Waals surface area contributed by atoms with Crippen LogP contribution in [0.4, 0.5) is 5.69 Å². The van der Waals surface area contributed by atoms with Crippen LogP contribution in [0.25, 0.3) is 0 Å². The van der Waals surface area contributed by atoms with Gasteiger partial charge >= 0.3 is 0 Å². The standard InChI is InChI=1S/C16H21NO2/c1-3-4-5-8-16(19)17-15-10-9-13(2)12-14(15)7-6-11-18/h9-10,12,18H,3-5,8,11H2,1-2H3,(H,17,19). The molecule has 0 heterocycles. The van der Waals surface area contributed by atoms with Crippen LogP contribution in [0.15, 0.2) is 18.2 Å². The number of aryl methyl sites for hydroxylation is 1. The highest BCUT2D eigenvalue weighted by Crippen LogP contribution is 2.17. The second kappa shape index (κ2) is 8.34. The summed E-state index contributed by atoms with van der Waals surface area (Å²) in [7, 11) is 0. The van der Waals surface area contributed by atoms with E-state index in [-0.39, 0.29) is 12.5 Å². The molecule has 0 saturated heterocycles. The third-order valence-corrected chi connectivity index (χ3v) is 2.76. The molecule has 102 valence electrons. The lowest BCUT2D eigenvalue weighted by Crippen LogP contribution is -2.12. The van der Waals surface area contributed by atoms with Crippen LogP contribution in [0.5, 0.6) is 0 Å². The molecule has 0 spiro atoms. The summed E-state index contributed by atoms with van der Waals surface area (Å²) in [6, 6.07) is 5.70. The van der Waals surface area contributed by atoms with Crippen molar-refractivity contribution in [2.24, 2.45) is 0 Å². The maximum atomic E-state index is 11.8. The first-order chi connectivity index (χ1) is 9.17. The lowest BCUT2D eigenvalue weighted by Gasteiger charge is -2.08. The summed E-state index contributed by atoms with van der Waals surface area (Å²) >= 11 is 0. The zero-order chi connectivity index (χ0) is 14.1. The Kier molecular flexibility index (Phi) is 6.70. The maximum absolute atomic E-state index is 11.8. The lowest BCUT2D eigenvalue weighted by molar-refractivity contribution is -0.116. The maximum Gasteiger partial charge on any atom is 0.224 e. The minimum Gasteiger partial charge on any atom is -0.384 e. The third kappa shape index (κ3) is 5.58. The highest BCUT2D eigenvalue weighted by atomic mass is 16.2. The lowest BCUT2D eigenvalue weighted by atomic mass is 10.1. The number of hydrogen-bond acceptors (Lipinski definition) is 2. The summed E-state index contributed by atoms with van der Waals surface area (Å²) in [6.07, 6.45) is 3.62. The molecule has 0 saturated carbocycles. The topological polar surface area (TPSA) is 49.3 Å². The van der Waals surface area contributed by atoms with Crippen molar-refractivity contribution in [3.8, 4) is 11.8 Å². The molecule has 0 atom stereocenters. The second-order valence-electron chi connectivity index (χ2n) is 4.51. The fourth-order valence-corrected chi connectivity index (χ4v) is 1.75. The monoisotopic (exact) mass is 259 g/mol. The average Bonchev–Trinajstić information content (AvgIpc) is 2.39. The van der Waals surface area contributed by atoms with Crippen LogP contribution in [0.1, 0.15) is 43.7 Å². The van der Waals surface area contributed by atoms with Crippen LogP contribution in [0, 0.1) is 18.8 Å². The average molecular weight is 259 g/mol. The largest absolute Gasteiger partial charge is 0.384 e. The van der Waals surface area contributed by atoms with E-state index in [4.69, 9.17) is 5.11 Å². The van der Waals surface area contributed by atoms with Crippen LogP contribution in [-0.4, -0.2) is 17.6 Å². The second-order valence-corrected chi connectivity index (χ2v) is 4.51. The van der Waals surface area contributed by atoms with Gasteiger partial charge in [-0.05, 0) is 31.0 Å². The van der Waals surface area contributed by atoms with E-state index in [1.54, 1.807) is 0 Å². The number of aliphatic hydroxyl groups excluding tert-OH is 1. The van der Waals surface area contributed by atoms with Gasteiger partial charge in [-0.3, -0.25) is 4.79 Å². The van der Waals surface area contributed by atoms with Gasteiger partial charge in [0, 0.05) is 12.0 Å². The minimum atomic E-state index is -0.183. The molecule has 3 nitrogen and oxygen atoms in total. The van der Waals surface area contributed by atoms with Crippen LogP contribution >= 0.6 is 0 Å². The summed E-state index contributed by atoms with van der Waals surface area (Å²) < 4.78 is 0. The zero-order valence-corrected chi connectivity index (χ0v) is 11.6.